The van der Waals surface area contributed by atoms with E-state index in [4.69, 9.17) is 9.72 Å². The van der Waals surface area contributed by atoms with Crippen molar-refractivity contribution in [3.63, 3.8) is 0 Å². The minimum absolute atomic E-state index is 0.0505. The van der Waals surface area contributed by atoms with Gasteiger partial charge in [0.05, 0.1) is 11.2 Å². The molecule has 0 spiro atoms. The number of nitrogens with one attached hydrogen (secondary N) is 1. The molecule has 2 heterocycles. The van der Waals surface area contributed by atoms with E-state index < -0.39 is 0 Å². The van der Waals surface area contributed by atoms with E-state index in [1.807, 2.05) is 11.3 Å². The van der Waals surface area contributed by atoms with Crippen LogP contribution in [0.1, 0.15) is 41.8 Å². The number of hydrogen-bond acceptors (Lipinski definition) is 4. The summed E-state index contributed by atoms with van der Waals surface area (Å²) in [5.74, 6) is 0. The molecule has 1 aliphatic heterocycles. The Labute approximate surface area is 108 Å². The molecular weight excluding hydrogens is 232 g/mol. The molecule has 0 bridgehead atoms. The predicted octanol–water partition coefficient (Wildman–Crippen LogP) is 2.77. The molecule has 1 atom stereocenters. The van der Waals surface area contributed by atoms with Crippen LogP contribution >= 0.6 is 11.3 Å². The Morgan fingerprint density at radius 1 is 1.35 bits per heavy atom. The van der Waals surface area contributed by atoms with Gasteiger partial charge in [-0.05, 0) is 39.7 Å². The second-order valence-electron chi connectivity index (χ2n) is 4.74. The van der Waals surface area contributed by atoms with Crippen LogP contribution in [0.25, 0.3) is 0 Å². The lowest BCUT2D eigenvalue weighted by atomic mass is 9.91. The summed E-state index contributed by atoms with van der Waals surface area (Å²) >= 11 is 1.84. The molecule has 1 aliphatic rings. The summed E-state index contributed by atoms with van der Waals surface area (Å²) in [6.07, 6.45) is 3.28. The van der Waals surface area contributed by atoms with E-state index in [1.165, 1.54) is 15.6 Å². The van der Waals surface area contributed by atoms with Crippen LogP contribution in [0, 0.1) is 13.8 Å². The molecule has 96 valence electrons. The smallest absolute Gasteiger partial charge is 0.113 e. The van der Waals surface area contributed by atoms with Gasteiger partial charge >= 0.3 is 0 Å². The fourth-order valence-corrected chi connectivity index (χ4v) is 3.57. The molecule has 0 radical (unpaired) electrons. The van der Waals surface area contributed by atoms with Gasteiger partial charge in [0.25, 0.3) is 0 Å². The third kappa shape index (κ3) is 2.69. The summed E-state index contributed by atoms with van der Waals surface area (Å²) in [6, 6.07) is 0. The van der Waals surface area contributed by atoms with Gasteiger partial charge < -0.3 is 10.1 Å². The molecule has 2 rings (SSSR count). The molecule has 1 unspecified atom stereocenters. The molecule has 0 saturated carbocycles. The Kier molecular flexibility index (Phi) is 4.17. The zero-order valence-electron chi connectivity index (χ0n) is 11.0. The highest BCUT2D eigenvalue weighted by Crippen LogP contribution is 2.35. The van der Waals surface area contributed by atoms with Crippen LogP contribution in [0.2, 0.25) is 0 Å². The molecule has 1 fully saturated rings. The number of nitrogens with zero attached hydrogens (tertiary/aromatic N) is 1. The Morgan fingerprint density at radius 3 is 2.82 bits per heavy atom. The maximum absolute atomic E-state index is 5.59. The first-order valence-electron chi connectivity index (χ1n) is 6.45. The lowest BCUT2D eigenvalue weighted by molar-refractivity contribution is 0.136. The third-order valence-electron chi connectivity index (χ3n) is 3.52. The largest absolute Gasteiger partial charge is 0.381 e. The summed E-state index contributed by atoms with van der Waals surface area (Å²) in [4.78, 5) is 6.10. The highest BCUT2D eigenvalue weighted by atomic mass is 32.1. The predicted molar refractivity (Wildman–Crippen MR) is 71.6 cm³/mol. The van der Waals surface area contributed by atoms with E-state index in [0.29, 0.717) is 0 Å². The van der Waals surface area contributed by atoms with Gasteiger partial charge in [0, 0.05) is 18.1 Å². The van der Waals surface area contributed by atoms with Crippen LogP contribution in [0.3, 0.4) is 0 Å². The highest BCUT2D eigenvalue weighted by Gasteiger charge is 2.35. The first-order chi connectivity index (χ1) is 8.18. The Bertz CT molecular complexity index is 348. The minimum atomic E-state index is 0.0505. The highest BCUT2D eigenvalue weighted by molar-refractivity contribution is 7.11. The number of ether oxygens (including phenoxy) is 1. The first-order valence-corrected chi connectivity index (χ1v) is 7.27. The normalized spacial score (nSPS) is 25.8. The fraction of sp³-hybridized carbons (Fsp3) is 0.769. The van der Waals surface area contributed by atoms with Crippen LogP contribution < -0.4 is 5.32 Å². The van der Waals surface area contributed by atoms with Crippen molar-refractivity contribution >= 4 is 11.3 Å². The molecule has 0 aromatic carbocycles. The van der Waals surface area contributed by atoms with Gasteiger partial charge in [-0.1, -0.05) is 6.92 Å². The number of thiazole rings is 1. The molecule has 1 aromatic rings. The van der Waals surface area contributed by atoms with Crippen LogP contribution in [-0.4, -0.2) is 24.7 Å². The summed E-state index contributed by atoms with van der Waals surface area (Å²) < 4.78 is 5.59. The summed E-state index contributed by atoms with van der Waals surface area (Å²) in [6.45, 7) is 9.13. The Balaban J connectivity index is 2.31. The van der Waals surface area contributed by atoms with E-state index in [1.54, 1.807) is 0 Å². The van der Waals surface area contributed by atoms with Gasteiger partial charge in [0.1, 0.15) is 5.01 Å². The van der Waals surface area contributed by atoms with Gasteiger partial charge in [-0.3, -0.25) is 0 Å². The first kappa shape index (κ1) is 13.0. The van der Waals surface area contributed by atoms with Gasteiger partial charge in [-0.15, -0.1) is 11.3 Å². The minimum Gasteiger partial charge on any atom is -0.381 e. The number of aromatic nitrogens is 1. The maximum Gasteiger partial charge on any atom is 0.113 e. The van der Waals surface area contributed by atoms with Gasteiger partial charge in [0.2, 0.25) is 0 Å². The molecular formula is C13H22N2OS. The topological polar surface area (TPSA) is 34.2 Å². The van der Waals surface area contributed by atoms with Crippen LogP contribution in [-0.2, 0) is 10.3 Å². The average Bonchev–Trinajstić information content (AvgIpc) is 2.55. The van der Waals surface area contributed by atoms with Crippen molar-refractivity contribution < 1.29 is 4.74 Å². The molecule has 1 aromatic heterocycles. The zero-order valence-corrected chi connectivity index (χ0v) is 11.8. The SMILES string of the molecule is CCNC1(c2nc(C)c(C)s2)CCCOCC1. The lowest BCUT2D eigenvalue weighted by Gasteiger charge is -2.31. The van der Waals surface area contributed by atoms with E-state index in [-0.39, 0.29) is 5.54 Å². The van der Waals surface area contributed by atoms with Crippen LogP contribution in [0.15, 0.2) is 0 Å². The molecule has 0 aliphatic carbocycles. The summed E-state index contributed by atoms with van der Waals surface area (Å²) in [5.41, 5.74) is 1.22. The Morgan fingerprint density at radius 2 is 2.18 bits per heavy atom. The van der Waals surface area contributed by atoms with Gasteiger partial charge in [-0.25, -0.2) is 4.98 Å². The molecule has 3 nitrogen and oxygen atoms in total. The van der Waals surface area contributed by atoms with Crippen molar-refractivity contribution in [2.75, 3.05) is 19.8 Å². The average molecular weight is 254 g/mol. The van der Waals surface area contributed by atoms with E-state index in [0.717, 1.165) is 39.0 Å². The molecule has 1 saturated heterocycles. The second kappa shape index (κ2) is 5.46. The van der Waals surface area contributed by atoms with Crippen molar-refractivity contribution in [3.05, 3.63) is 15.6 Å². The number of hydrogen-bond donors (Lipinski definition) is 1. The van der Waals surface area contributed by atoms with Crippen LogP contribution in [0.4, 0.5) is 0 Å². The fourth-order valence-electron chi connectivity index (χ4n) is 2.43. The zero-order chi connectivity index (χ0) is 12.3. The van der Waals surface area contributed by atoms with E-state index in [9.17, 15) is 0 Å². The van der Waals surface area contributed by atoms with Crippen molar-refractivity contribution in [1.29, 1.82) is 0 Å². The van der Waals surface area contributed by atoms with Crippen molar-refractivity contribution in [1.82, 2.24) is 10.3 Å². The van der Waals surface area contributed by atoms with E-state index in [2.05, 4.69) is 26.1 Å². The molecule has 4 heteroatoms. The molecule has 17 heavy (non-hydrogen) atoms. The summed E-state index contributed by atoms with van der Waals surface area (Å²) in [5, 5.41) is 4.91. The molecule has 0 amide bonds. The lowest BCUT2D eigenvalue weighted by Crippen LogP contribution is -2.42. The van der Waals surface area contributed by atoms with Crippen LogP contribution in [0.5, 0.6) is 0 Å². The third-order valence-corrected chi connectivity index (χ3v) is 4.80. The quantitative estimate of drug-likeness (QED) is 0.900. The standard InChI is InChI=1S/C13H22N2OS/c1-4-14-13(6-5-8-16-9-7-13)12-15-10(2)11(3)17-12/h14H,4-9H2,1-3H3. The second-order valence-corrected chi connectivity index (χ2v) is 5.94. The number of aryl methyl sites for hydroxylation is 2. The van der Waals surface area contributed by atoms with E-state index >= 15 is 0 Å². The maximum atomic E-state index is 5.59. The van der Waals surface area contributed by atoms with Gasteiger partial charge in [-0.2, -0.15) is 0 Å². The summed E-state index contributed by atoms with van der Waals surface area (Å²) in [7, 11) is 0. The van der Waals surface area contributed by atoms with Gasteiger partial charge in [0.15, 0.2) is 0 Å². The number of rotatable bonds is 3. The van der Waals surface area contributed by atoms with Crippen molar-refractivity contribution in [2.24, 2.45) is 0 Å². The monoisotopic (exact) mass is 254 g/mol. The molecule has 1 N–H and O–H groups in total. The Hall–Kier alpha value is -0.450. The van der Waals surface area contributed by atoms with Crippen molar-refractivity contribution in [3.8, 4) is 0 Å². The van der Waals surface area contributed by atoms with Crippen molar-refractivity contribution in [2.45, 2.75) is 45.6 Å².